The fraction of sp³-hybridized carbons (Fsp3) is 0.923. The van der Waals surface area contributed by atoms with Crippen LogP contribution in [0.1, 0.15) is 25.7 Å². The molecule has 0 fully saturated rings. The Hall–Kier alpha value is -0.755. The zero-order chi connectivity index (χ0) is 16.7. The van der Waals surface area contributed by atoms with Crippen molar-refractivity contribution in [2.45, 2.75) is 38.0 Å². The molecule has 0 saturated heterocycles. The van der Waals surface area contributed by atoms with E-state index in [4.69, 9.17) is 25.4 Å². The van der Waals surface area contributed by atoms with Crippen LogP contribution in [0, 0.1) is 0 Å². The van der Waals surface area contributed by atoms with E-state index in [1.165, 1.54) is 0 Å². The second-order valence-electron chi connectivity index (χ2n) is 5.50. The molecule has 21 heavy (non-hydrogen) atoms. The van der Waals surface area contributed by atoms with Gasteiger partial charge in [0.05, 0.1) is 0 Å². The molecular formula is C13H30BN3O4. The fourth-order valence-corrected chi connectivity index (χ4v) is 1.75. The quantitative estimate of drug-likeness (QED) is 0.341. The lowest BCUT2D eigenvalue weighted by molar-refractivity contribution is -0.191. The third kappa shape index (κ3) is 21.7. The Bertz CT molecular complexity index is 262. The van der Waals surface area contributed by atoms with E-state index in [2.05, 4.69) is 30.9 Å². The van der Waals surface area contributed by atoms with Gasteiger partial charge in [-0.25, -0.2) is 0 Å². The molecule has 0 saturated carbocycles. The van der Waals surface area contributed by atoms with Gasteiger partial charge in [-0.3, -0.25) is 0 Å². The standard InChI is InChI=1S/C12H30BN3O2.CO2/c1-15(2)10-11-16(3)9-7-12(14)6-4-5-8-13(17)18;2-1-3/h12,17-18H,4-11,14H2,1-3H3;. The highest BCUT2D eigenvalue weighted by atomic mass is 16.4. The Labute approximate surface area is 128 Å². The number of hydrogen-bond donors (Lipinski definition) is 3. The van der Waals surface area contributed by atoms with Gasteiger partial charge in [0, 0.05) is 19.1 Å². The van der Waals surface area contributed by atoms with Crippen LogP contribution in [0.3, 0.4) is 0 Å². The predicted octanol–water partition coefficient (Wildman–Crippen LogP) is -0.743. The molecular weight excluding hydrogens is 273 g/mol. The predicted molar refractivity (Wildman–Crippen MR) is 82.5 cm³/mol. The highest BCUT2D eigenvalue weighted by molar-refractivity contribution is 6.40. The van der Waals surface area contributed by atoms with Crippen molar-refractivity contribution in [2.75, 3.05) is 40.8 Å². The fourth-order valence-electron chi connectivity index (χ4n) is 1.75. The van der Waals surface area contributed by atoms with E-state index in [0.717, 1.165) is 45.3 Å². The van der Waals surface area contributed by atoms with Crippen molar-refractivity contribution in [2.24, 2.45) is 5.73 Å². The summed E-state index contributed by atoms with van der Waals surface area (Å²) in [7, 11) is 5.11. The highest BCUT2D eigenvalue weighted by Crippen LogP contribution is 2.06. The average molecular weight is 303 g/mol. The number of nitrogens with zero attached hydrogens (tertiary/aromatic N) is 2. The number of rotatable bonds is 11. The molecule has 0 aromatic carbocycles. The molecule has 0 amide bonds. The maximum Gasteiger partial charge on any atom is 0.451 e. The molecule has 0 aromatic heterocycles. The Morgan fingerprint density at radius 3 is 2.10 bits per heavy atom. The number of hydrogen-bond acceptors (Lipinski definition) is 7. The molecule has 0 aliphatic heterocycles. The van der Waals surface area contributed by atoms with Crippen molar-refractivity contribution < 1.29 is 19.6 Å². The maximum absolute atomic E-state index is 8.71. The first kappa shape index (κ1) is 22.5. The Morgan fingerprint density at radius 1 is 1.05 bits per heavy atom. The smallest absolute Gasteiger partial charge is 0.427 e. The van der Waals surface area contributed by atoms with Gasteiger partial charge < -0.3 is 25.6 Å². The zero-order valence-corrected chi connectivity index (χ0v) is 13.5. The molecule has 1 atom stereocenters. The van der Waals surface area contributed by atoms with Gasteiger partial charge in [-0.1, -0.05) is 12.8 Å². The van der Waals surface area contributed by atoms with E-state index in [1.807, 2.05) is 0 Å². The lowest BCUT2D eigenvalue weighted by atomic mass is 9.83. The summed E-state index contributed by atoms with van der Waals surface area (Å²) in [5.74, 6) is 0. The van der Waals surface area contributed by atoms with Crippen LogP contribution in [0.25, 0.3) is 0 Å². The average Bonchev–Trinajstić information content (AvgIpc) is 2.39. The molecule has 8 heteroatoms. The zero-order valence-electron chi connectivity index (χ0n) is 13.5. The summed E-state index contributed by atoms with van der Waals surface area (Å²) in [6.45, 7) is 3.16. The second kappa shape index (κ2) is 15.6. The SMILES string of the molecule is CN(C)CCN(C)CCC(N)CCCCB(O)O.O=C=O. The van der Waals surface area contributed by atoms with E-state index in [9.17, 15) is 0 Å². The summed E-state index contributed by atoms with van der Waals surface area (Å²) < 4.78 is 0. The first-order valence-corrected chi connectivity index (χ1v) is 7.27. The summed E-state index contributed by atoms with van der Waals surface area (Å²) in [5.41, 5.74) is 6.03. The minimum atomic E-state index is -1.17. The van der Waals surface area contributed by atoms with Crippen molar-refractivity contribution in [1.82, 2.24) is 9.80 Å². The van der Waals surface area contributed by atoms with Crippen LogP contribution in [-0.4, -0.2) is 79.9 Å². The van der Waals surface area contributed by atoms with E-state index >= 15 is 0 Å². The van der Waals surface area contributed by atoms with Gasteiger partial charge in [0.25, 0.3) is 0 Å². The van der Waals surface area contributed by atoms with Crippen molar-refractivity contribution >= 4 is 13.3 Å². The van der Waals surface area contributed by atoms with Gasteiger partial charge in [0.2, 0.25) is 0 Å². The molecule has 4 N–H and O–H groups in total. The van der Waals surface area contributed by atoms with Gasteiger partial charge >= 0.3 is 13.3 Å². The van der Waals surface area contributed by atoms with Crippen LogP contribution < -0.4 is 5.73 Å². The van der Waals surface area contributed by atoms with Gasteiger partial charge in [-0.05, 0) is 46.8 Å². The molecule has 0 bridgehead atoms. The van der Waals surface area contributed by atoms with Crippen molar-refractivity contribution in [1.29, 1.82) is 0 Å². The Balaban J connectivity index is 0. The molecule has 0 heterocycles. The van der Waals surface area contributed by atoms with Crippen LogP contribution in [0.2, 0.25) is 6.32 Å². The first-order valence-electron chi connectivity index (χ1n) is 7.27. The van der Waals surface area contributed by atoms with Gasteiger partial charge in [0.15, 0.2) is 0 Å². The minimum Gasteiger partial charge on any atom is -0.427 e. The largest absolute Gasteiger partial charge is 0.451 e. The summed E-state index contributed by atoms with van der Waals surface area (Å²) >= 11 is 0. The number of unbranched alkanes of at least 4 members (excludes halogenated alkanes) is 1. The third-order valence-electron chi connectivity index (χ3n) is 3.10. The van der Waals surface area contributed by atoms with Crippen LogP contribution in [0.5, 0.6) is 0 Å². The molecule has 0 aliphatic rings. The lowest BCUT2D eigenvalue weighted by Crippen LogP contribution is -2.32. The lowest BCUT2D eigenvalue weighted by Gasteiger charge is -2.21. The monoisotopic (exact) mass is 303 g/mol. The second-order valence-corrected chi connectivity index (χ2v) is 5.50. The summed E-state index contributed by atoms with van der Waals surface area (Å²) in [6.07, 6.45) is 4.48. The normalized spacial score (nSPS) is 11.8. The minimum absolute atomic E-state index is 0.225. The van der Waals surface area contributed by atoms with E-state index in [0.29, 0.717) is 6.32 Å². The summed E-state index contributed by atoms with van der Waals surface area (Å²) in [6, 6.07) is 0.225. The molecule has 0 aliphatic carbocycles. The highest BCUT2D eigenvalue weighted by Gasteiger charge is 2.08. The van der Waals surface area contributed by atoms with Crippen LogP contribution >= 0.6 is 0 Å². The van der Waals surface area contributed by atoms with E-state index < -0.39 is 7.12 Å². The van der Waals surface area contributed by atoms with Crippen LogP contribution in [0.15, 0.2) is 0 Å². The number of likely N-dealkylation sites (N-methyl/N-ethyl adjacent to an activating group) is 2. The van der Waals surface area contributed by atoms with E-state index in [-0.39, 0.29) is 12.2 Å². The van der Waals surface area contributed by atoms with Crippen molar-refractivity contribution in [3.05, 3.63) is 0 Å². The molecule has 0 spiro atoms. The molecule has 7 nitrogen and oxygen atoms in total. The van der Waals surface area contributed by atoms with Crippen molar-refractivity contribution in [3.63, 3.8) is 0 Å². The maximum atomic E-state index is 8.71. The molecule has 0 radical (unpaired) electrons. The van der Waals surface area contributed by atoms with Gasteiger partial charge in [-0.15, -0.1) is 0 Å². The molecule has 0 aromatic rings. The third-order valence-corrected chi connectivity index (χ3v) is 3.10. The molecule has 124 valence electrons. The first-order chi connectivity index (χ1) is 9.83. The topological polar surface area (TPSA) is 107 Å². The molecule has 1 unspecified atom stereocenters. The Kier molecular flexibility index (Phi) is 16.8. The number of nitrogens with two attached hydrogens (primary N) is 1. The summed E-state index contributed by atoms with van der Waals surface area (Å²) in [5, 5.41) is 17.4. The number of carbonyl (C=O) groups excluding carboxylic acids is 2. The van der Waals surface area contributed by atoms with E-state index in [1.54, 1.807) is 0 Å². The molecule has 0 rings (SSSR count). The van der Waals surface area contributed by atoms with Crippen LogP contribution in [-0.2, 0) is 9.59 Å². The Morgan fingerprint density at radius 2 is 1.62 bits per heavy atom. The van der Waals surface area contributed by atoms with Crippen LogP contribution in [0.4, 0.5) is 0 Å². The van der Waals surface area contributed by atoms with Gasteiger partial charge in [0.1, 0.15) is 0 Å². The van der Waals surface area contributed by atoms with Gasteiger partial charge in [-0.2, -0.15) is 9.59 Å². The van der Waals surface area contributed by atoms with Crippen molar-refractivity contribution in [3.8, 4) is 0 Å². The summed E-state index contributed by atoms with van der Waals surface area (Å²) in [4.78, 5) is 20.7.